The van der Waals surface area contributed by atoms with Gasteiger partial charge in [-0.2, -0.15) is 0 Å². The minimum absolute atomic E-state index is 0.0819. The third-order valence-electron chi connectivity index (χ3n) is 5.25. The number of likely N-dealkylation sites (tertiary alicyclic amines) is 1. The van der Waals surface area contributed by atoms with Crippen LogP contribution in [0.15, 0.2) is 24.3 Å². The Labute approximate surface area is 145 Å². The maximum atomic E-state index is 12.5. The van der Waals surface area contributed by atoms with Crippen molar-refractivity contribution < 1.29 is 9.53 Å². The number of hydrogen-bond donors (Lipinski definition) is 1. The molecule has 1 saturated heterocycles. The summed E-state index contributed by atoms with van der Waals surface area (Å²) < 4.78 is 5.57. The minimum atomic E-state index is 0.0819. The molecular weight excluding hydrogens is 302 g/mol. The number of fused-ring (bicyclic) bond motifs is 1. The molecule has 0 aromatic heterocycles. The quantitative estimate of drug-likeness (QED) is 0.882. The van der Waals surface area contributed by atoms with Crippen LogP contribution in [0.2, 0.25) is 0 Å². The van der Waals surface area contributed by atoms with Crippen molar-refractivity contribution in [1.29, 1.82) is 0 Å². The maximum Gasteiger partial charge on any atom is 0.234 e. The Morgan fingerprint density at radius 2 is 2.04 bits per heavy atom. The summed E-state index contributed by atoms with van der Waals surface area (Å²) in [6, 6.07) is 9.08. The summed E-state index contributed by atoms with van der Waals surface area (Å²) in [6.07, 6.45) is 1.10. The SMILES string of the molecule is CO[C@H]1CN(C(C)C)C[C@@H]1NC(=O)CN1CCc2ccccc2C1. The lowest BCUT2D eigenvalue weighted by Gasteiger charge is -2.29. The van der Waals surface area contributed by atoms with Crippen LogP contribution in [0, 0.1) is 0 Å². The molecular formula is C19H29N3O2. The van der Waals surface area contributed by atoms with Crippen LogP contribution >= 0.6 is 0 Å². The van der Waals surface area contributed by atoms with Crippen LogP contribution < -0.4 is 5.32 Å². The average Bonchev–Trinajstić information content (AvgIpc) is 2.97. The van der Waals surface area contributed by atoms with Crippen LogP contribution in [-0.2, 0) is 22.5 Å². The van der Waals surface area contributed by atoms with E-state index >= 15 is 0 Å². The predicted octanol–water partition coefficient (Wildman–Crippen LogP) is 1.27. The number of nitrogens with zero attached hydrogens (tertiary/aromatic N) is 2. The van der Waals surface area contributed by atoms with Gasteiger partial charge in [-0.25, -0.2) is 0 Å². The molecule has 2 heterocycles. The van der Waals surface area contributed by atoms with E-state index in [0.29, 0.717) is 12.6 Å². The number of carbonyl (C=O) groups excluding carboxylic acids is 1. The van der Waals surface area contributed by atoms with E-state index in [0.717, 1.165) is 32.6 Å². The Kier molecular flexibility index (Phi) is 5.54. The monoisotopic (exact) mass is 331 g/mol. The molecule has 1 amide bonds. The molecule has 1 fully saturated rings. The van der Waals surface area contributed by atoms with E-state index < -0.39 is 0 Å². The van der Waals surface area contributed by atoms with Crippen LogP contribution in [0.5, 0.6) is 0 Å². The van der Waals surface area contributed by atoms with E-state index in [1.165, 1.54) is 11.1 Å². The van der Waals surface area contributed by atoms with Gasteiger partial charge in [0.05, 0.1) is 18.7 Å². The first kappa shape index (κ1) is 17.4. The summed E-state index contributed by atoms with van der Waals surface area (Å²) in [5.74, 6) is 0.104. The van der Waals surface area contributed by atoms with Gasteiger partial charge in [-0.15, -0.1) is 0 Å². The van der Waals surface area contributed by atoms with E-state index in [4.69, 9.17) is 4.74 Å². The number of hydrogen-bond acceptors (Lipinski definition) is 4. The third-order valence-corrected chi connectivity index (χ3v) is 5.25. The summed E-state index contributed by atoms with van der Waals surface area (Å²) in [4.78, 5) is 17.1. The summed E-state index contributed by atoms with van der Waals surface area (Å²) in [7, 11) is 1.73. The van der Waals surface area contributed by atoms with E-state index in [1.807, 2.05) is 0 Å². The highest BCUT2D eigenvalue weighted by Crippen LogP contribution is 2.19. The average molecular weight is 331 g/mol. The zero-order valence-electron chi connectivity index (χ0n) is 15.0. The van der Waals surface area contributed by atoms with E-state index in [9.17, 15) is 4.79 Å². The summed E-state index contributed by atoms with van der Waals surface area (Å²) in [5.41, 5.74) is 2.76. The Balaban J connectivity index is 1.53. The first-order valence-corrected chi connectivity index (χ1v) is 8.92. The maximum absolute atomic E-state index is 12.5. The van der Waals surface area contributed by atoms with Gasteiger partial charge < -0.3 is 10.1 Å². The molecule has 0 spiro atoms. The summed E-state index contributed by atoms with van der Waals surface area (Å²) >= 11 is 0. The fourth-order valence-corrected chi connectivity index (χ4v) is 3.75. The van der Waals surface area contributed by atoms with Gasteiger partial charge in [-0.3, -0.25) is 14.6 Å². The van der Waals surface area contributed by atoms with Crippen molar-refractivity contribution in [3.63, 3.8) is 0 Å². The second-order valence-corrected chi connectivity index (χ2v) is 7.23. The highest BCUT2D eigenvalue weighted by Gasteiger charge is 2.35. The van der Waals surface area contributed by atoms with Gasteiger partial charge in [0, 0.05) is 39.3 Å². The van der Waals surface area contributed by atoms with Crippen molar-refractivity contribution in [1.82, 2.24) is 15.1 Å². The zero-order chi connectivity index (χ0) is 17.1. The number of nitrogens with one attached hydrogen (secondary N) is 1. The predicted molar refractivity (Wildman–Crippen MR) is 94.9 cm³/mol. The second kappa shape index (κ2) is 7.64. The molecule has 0 aliphatic carbocycles. The molecule has 3 rings (SSSR count). The lowest BCUT2D eigenvalue weighted by atomic mass is 10.00. The van der Waals surface area contributed by atoms with E-state index in [2.05, 4.69) is 53.2 Å². The number of ether oxygens (including phenoxy) is 1. The van der Waals surface area contributed by atoms with Crippen LogP contribution in [0.1, 0.15) is 25.0 Å². The second-order valence-electron chi connectivity index (χ2n) is 7.23. The lowest BCUT2D eigenvalue weighted by molar-refractivity contribution is -0.123. The van der Waals surface area contributed by atoms with Crippen LogP contribution in [0.3, 0.4) is 0 Å². The fourth-order valence-electron chi connectivity index (χ4n) is 3.75. The van der Waals surface area contributed by atoms with E-state index in [1.54, 1.807) is 7.11 Å². The third kappa shape index (κ3) is 3.97. The normalized spacial score (nSPS) is 25.0. The first-order valence-electron chi connectivity index (χ1n) is 8.92. The van der Waals surface area contributed by atoms with Crippen molar-refractivity contribution in [2.75, 3.05) is 33.3 Å². The van der Waals surface area contributed by atoms with Crippen LogP contribution in [0.4, 0.5) is 0 Å². The van der Waals surface area contributed by atoms with Gasteiger partial charge in [0.25, 0.3) is 0 Å². The molecule has 2 aliphatic heterocycles. The molecule has 0 radical (unpaired) electrons. The molecule has 1 aromatic carbocycles. The smallest absolute Gasteiger partial charge is 0.234 e. The molecule has 132 valence electrons. The highest BCUT2D eigenvalue weighted by atomic mass is 16.5. The zero-order valence-corrected chi connectivity index (χ0v) is 15.0. The lowest BCUT2D eigenvalue weighted by Crippen LogP contribution is -2.48. The number of carbonyl (C=O) groups is 1. The molecule has 5 heteroatoms. The molecule has 2 aliphatic rings. The van der Waals surface area contributed by atoms with Crippen molar-refractivity contribution >= 4 is 5.91 Å². The molecule has 0 saturated carbocycles. The molecule has 0 unspecified atom stereocenters. The van der Waals surface area contributed by atoms with Gasteiger partial charge in [-0.05, 0) is 31.4 Å². The molecule has 2 atom stereocenters. The number of benzene rings is 1. The van der Waals surface area contributed by atoms with Crippen molar-refractivity contribution in [2.24, 2.45) is 0 Å². The van der Waals surface area contributed by atoms with Crippen molar-refractivity contribution in [3.8, 4) is 0 Å². The molecule has 0 bridgehead atoms. The van der Waals surface area contributed by atoms with Crippen molar-refractivity contribution in [2.45, 2.75) is 45.0 Å². The van der Waals surface area contributed by atoms with Gasteiger partial charge in [0.2, 0.25) is 5.91 Å². The van der Waals surface area contributed by atoms with Gasteiger partial charge in [-0.1, -0.05) is 24.3 Å². The largest absolute Gasteiger partial charge is 0.378 e. The fraction of sp³-hybridized carbons (Fsp3) is 0.632. The molecule has 5 nitrogen and oxygen atoms in total. The Bertz CT molecular complexity index is 575. The Morgan fingerprint density at radius 1 is 1.29 bits per heavy atom. The van der Waals surface area contributed by atoms with Gasteiger partial charge in [0.1, 0.15) is 0 Å². The van der Waals surface area contributed by atoms with Crippen LogP contribution in [-0.4, -0.2) is 67.2 Å². The van der Waals surface area contributed by atoms with Crippen LogP contribution in [0.25, 0.3) is 0 Å². The highest BCUT2D eigenvalue weighted by molar-refractivity contribution is 5.78. The topological polar surface area (TPSA) is 44.8 Å². The van der Waals surface area contributed by atoms with Crippen molar-refractivity contribution in [3.05, 3.63) is 35.4 Å². The first-order chi connectivity index (χ1) is 11.6. The number of methoxy groups -OCH3 is 1. The molecule has 1 aromatic rings. The number of amides is 1. The standard InChI is InChI=1S/C19H29N3O2/c1-14(2)22-11-17(18(12-22)24-3)20-19(23)13-21-9-8-15-6-4-5-7-16(15)10-21/h4-7,14,17-18H,8-13H2,1-3H3,(H,20,23)/t17-,18-/m0/s1. The minimum Gasteiger partial charge on any atom is -0.378 e. The van der Waals surface area contributed by atoms with Gasteiger partial charge >= 0.3 is 0 Å². The Morgan fingerprint density at radius 3 is 2.75 bits per heavy atom. The summed E-state index contributed by atoms with van der Waals surface area (Å²) in [5, 5.41) is 3.19. The molecule has 24 heavy (non-hydrogen) atoms. The molecule has 1 N–H and O–H groups in total. The van der Waals surface area contributed by atoms with E-state index in [-0.39, 0.29) is 18.1 Å². The van der Waals surface area contributed by atoms with Gasteiger partial charge in [0.15, 0.2) is 0 Å². The number of rotatable bonds is 5. The summed E-state index contributed by atoms with van der Waals surface area (Å²) in [6.45, 7) is 8.38. The Hall–Kier alpha value is -1.43.